The largest absolute Gasteiger partial charge is 0.433 e. The number of halogens is 4. The zero-order valence-corrected chi connectivity index (χ0v) is 28.7. The maximum Gasteiger partial charge on any atom is 0.433 e. The van der Waals surface area contributed by atoms with Gasteiger partial charge in [-0.05, 0) is 68.0 Å². The molecular weight excluding hydrogens is 684 g/mol. The van der Waals surface area contributed by atoms with Crippen LogP contribution in [0.4, 0.5) is 23.4 Å². The Labute approximate surface area is 295 Å². The topological polar surface area (TPSA) is 152 Å². The van der Waals surface area contributed by atoms with Crippen molar-refractivity contribution in [2.75, 3.05) is 25.0 Å². The SMILES string of the molecule is CC(=O)c1nn2c3c(cc(-c4cnc(C)nc4)cc13)C/C=C\CCCC(=O)NC[C@]1(F)CN(C[C@@H]1C(=O)Nc1nc(C(F)(F)F)ccc1C)C(=O)C2. The number of fused-ring (bicyclic) bond motifs is 2. The zero-order valence-electron chi connectivity index (χ0n) is 28.7. The number of rotatable bonds is 4. The van der Waals surface area contributed by atoms with Crippen molar-refractivity contribution in [1.82, 2.24) is 34.9 Å². The van der Waals surface area contributed by atoms with Crippen molar-refractivity contribution < 1.29 is 36.7 Å². The highest BCUT2D eigenvalue weighted by Crippen LogP contribution is 2.35. The number of nitrogens with one attached hydrogen (secondary N) is 2. The number of anilines is 1. The van der Waals surface area contributed by atoms with Crippen molar-refractivity contribution in [3.63, 3.8) is 0 Å². The maximum absolute atomic E-state index is 16.9. The van der Waals surface area contributed by atoms with Gasteiger partial charge in [0.05, 0.1) is 24.5 Å². The minimum absolute atomic E-state index is 0.0647. The zero-order chi connectivity index (χ0) is 37.4. The van der Waals surface area contributed by atoms with Crippen LogP contribution in [0.1, 0.15) is 59.3 Å². The quantitative estimate of drug-likeness (QED) is 0.171. The number of pyridine rings is 1. The van der Waals surface area contributed by atoms with E-state index in [4.69, 9.17) is 0 Å². The summed E-state index contributed by atoms with van der Waals surface area (Å²) in [7, 11) is 0. The Hall–Kier alpha value is -5.54. The van der Waals surface area contributed by atoms with Crippen molar-refractivity contribution in [1.29, 1.82) is 0 Å². The molecule has 12 nitrogen and oxygen atoms in total. The second-order valence-corrected chi connectivity index (χ2v) is 13.2. The van der Waals surface area contributed by atoms with Crippen LogP contribution in [-0.4, -0.2) is 78.4 Å². The van der Waals surface area contributed by atoms with E-state index in [1.807, 2.05) is 18.2 Å². The average molecular weight is 721 g/mol. The highest BCUT2D eigenvalue weighted by atomic mass is 19.4. The third-order valence-electron chi connectivity index (χ3n) is 9.29. The van der Waals surface area contributed by atoms with E-state index in [1.54, 1.807) is 25.4 Å². The fourth-order valence-corrected chi connectivity index (χ4v) is 6.49. The molecular formula is C36H36F4N8O4. The number of Topliss-reactive ketones (excluding diaryl/α,β-unsaturated/α-hetero) is 1. The summed E-state index contributed by atoms with van der Waals surface area (Å²) in [5.74, 6) is -3.82. The highest BCUT2D eigenvalue weighted by molar-refractivity contribution is 6.07. The van der Waals surface area contributed by atoms with Gasteiger partial charge in [0.15, 0.2) is 11.5 Å². The molecule has 3 aromatic heterocycles. The summed E-state index contributed by atoms with van der Waals surface area (Å²) in [4.78, 5) is 66.4. The molecule has 6 rings (SSSR count). The number of benzene rings is 1. The Morgan fingerprint density at radius 1 is 1.06 bits per heavy atom. The van der Waals surface area contributed by atoms with Crippen molar-refractivity contribution >= 4 is 40.2 Å². The third kappa shape index (κ3) is 7.55. The number of hydrogen-bond donors (Lipinski definition) is 2. The summed E-state index contributed by atoms with van der Waals surface area (Å²) in [5, 5.41) is 9.88. The number of aromatic nitrogens is 5. The number of amides is 3. The van der Waals surface area contributed by atoms with Gasteiger partial charge in [0.2, 0.25) is 17.7 Å². The van der Waals surface area contributed by atoms with Crippen molar-refractivity contribution in [2.45, 2.75) is 64.8 Å². The second-order valence-electron chi connectivity index (χ2n) is 13.2. The maximum atomic E-state index is 16.9. The van der Waals surface area contributed by atoms with Crippen LogP contribution in [0.5, 0.6) is 0 Å². The number of allylic oxidation sites excluding steroid dienone is 2. The Bertz CT molecular complexity index is 2100. The second kappa shape index (κ2) is 14.2. The van der Waals surface area contributed by atoms with Gasteiger partial charge < -0.3 is 15.5 Å². The number of nitrogens with zero attached hydrogens (tertiary/aromatic N) is 6. The van der Waals surface area contributed by atoms with E-state index >= 15 is 4.39 Å². The molecule has 0 unspecified atom stereocenters. The lowest BCUT2D eigenvalue weighted by atomic mass is 9.91. The summed E-state index contributed by atoms with van der Waals surface area (Å²) in [6, 6.07) is 5.60. The van der Waals surface area contributed by atoms with Gasteiger partial charge in [-0.3, -0.25) is 23.9 Å². The summed E-state index contributed by atoms with van der Waals surface area (Å²) < 4.78 is 58.5. The van der Waals surface area contributed by atoms with Gasteiger partial charge in [0.25, 0.3) is 0 Å². The number of carbonyl (C=O) groups is 4. The van der Waals surface area contributed by atoms with Crippen LogP contribution in [0.15, 0.2) is 48.8 Å². The standard InChI is InChI=1S/C36H36F4N8O4/c1-20-10-11-28(36(38,39)40)44-33(20)45-34(52)27-16-47-19-35(27,37)18-43-29(50)9-7-5-4-6-8-23-12-24(25-14-41-22(3)42-15-25)13-26-31(21(2)49)46-48(32(23)26)17-30(47)51/h4,6,10-15,27H,5,7-9,16-19H2,1-3H3,(H,43,50)(H,44,45,52)/b6-4-/t27-,35+/m1/s1. The lowest BCUT2D eigenvalue weighted by Crippen LogP contribution is -2.49. The third-order valence-corrected chi connectivity index (χ3v) is 9.29. The molecule has 0 radical (unpaired) electrons. The van der Waals surface area contributed by atoms with E-state index in [0.29, 0.717) is 41.6 Å². The van der Waals surface area contributed by atoms with Crippen LogP contribution >= 0.6 is 0 Å². The summed E-state index contributed by atoms with van der Waals surface area (Å²) in [6.45, 7) is 2.50. The monoisotopic (exact) mass is 720 g/mol. The molecule has 2 aliphatic heterocycles. The Morgan fingerprint density at radius 3 is 2.52 bits per heavy atom. The van der Waals surface area contributed by atoms with Gasteiger partial charge in [0, 0.05) is 43.2 Å². The molecule has 0 saturated carbocycles. The summed E-state index contributed by atoms with van der Waals surface area (Å²) >= 11 is 0. The Balaban J connectivity index is 1.38. The molecule has 0 spiro atoms. The van der Waals surface area contributed by atoms with E-state index in [-0.39, 0.29) is 23.5 Å². The minimum Gasteiger partial charge on any atom is -0.353 e. The van der Waals surface area contributed by atoms with Crippen molar-refractivity contribution in [2.24, 2.45) is 5.92 Å². The predicted octanol–water partition coefficient (Wildman–Crippen LogP) is 4.93. The van der Waals surface area contributed by atoms with Crippen LogP contribution in [0.25, 0.3) is 22.0 Å². The van der Waals surface area contributed by atoms with Gasteiger partial charge in [-0.1, -0.05) is 18.2 Å². The number of aryl methyl sites for hydroxylation is 2. The van der Waals surface area contributed by atoms with Crippen LogP contribution in [-0.2, 0) is 33.5 Å². The smallest absolute Gasteiger partial charge is 0.353 e. The van der Waals surface area contributed by atoms with Crippen LogP contribution in [0, 0.1) is 19.8 Å². The summed E-state index contributed by atoms with van der Waals surface area (Å²) in [6.07, 6.45) is 3.82. The fourth-order valence-electron chi connectivity index (χ4n) is 6.49. The molecule has 2 atom stereocenters. The van der Waals surface area contributed by atoms with E-state index in [1.165, 1.54) is 18.5 Å². The lowest BCUT2D eigenvalue weighted by Gasteiger charge is -2.26. The van der Waals surface area contributed by atoms with Crippen LogP contribution in [0.3, 0.4) is 0 Å². The molecule has 1 fully saturated rings. The molecule has 1 aromatic carbocycles. The molecule has 272 valence electrons. The van der Waals surface area contributed by atoms with E-state index < -0.39 is 73.2 Å². The number of carbonyl (C=O) groups excluding carboxylic acids is 4. The van der Waals surface area contributed by atoms with E-state index in [9.17, 15) is 32.3 Å². The molecule has 2 bridgehead atoms. The minimum atomic E-state index is -4.79. The van der Waals surface area contributed by atoms with Crippen LogP contribution < -0.4 is 10.6 Å². The predicted molar refractivity (Wildman–Crippen MR) is 182 cm³/mol. The first-order chi connectivity index (χ1) is 24.6. The highest BCUT2D eigenvalue weighted by Gasteiger charge is 2.52. The van der Waals surface area contributed by atoms with E-state index in [0.717, 1.165) is 28.2 Å². The molecule has 1 saturated heterocycles. The number of alkyl halides is 4. The first-order valence-corrected chi connectivity index (χ1v) is 16.7. The Morgan fingerprint density at radius 2 is 1.81 bits per heavy atom. The van der Waals surface area contributed by atoms with E-state index in [2.05, 4.69) is 30.7 Å². The number of ketones is 1. The van der Waals surface area contributed by atoms with Crippen LogP contribution in [0.2, 0.25) is 0 Å². The molecule has 0 aliphatic carbocycles. The molecule has 16 heteroatoms. The first-order valence-electron chi connectivity index (χ1n) is 16.7. The van der Waals surface area contributed by atoms with Gasteiger partial charge in [-0.15, -0.1) is 0 Å². The lowest BCUT2D eigenvalue weighted by molar-refractivity contribution is -0.141. The molecule has 2 N–H and O–H groups in total. The molecule has 2 aliphatic rings. The van der Waals surface area contributed by atoms with Crippen molar-refractivity contribution in [3.05, 3.63) is 77.2 Å². The average Bonchev–Trinajstić information content (AvgIpc) is 3.64. The van der Waals surface area contributed by atoms with Crippen molar-refractivity contribution in [3.8, 4) is 11.1 Å². The molecule has 52 heavy (non-hydrogen) atoms. The molecule has 4 aromatic rings. The Kier molecular flexibility index (Phi) is 9.92. The van der Waals surface area contributed by atoms with Gasteiger partial charge in [0.1, 0.15) is 29.6 Å². The number of hydrogen-bond acceptors (Lipinski definition) is 8. The molecule has 5 heterocycles. The first kappa shape index (κ1) is 36.3. The van der Waals surface area contributed by atoms with Gasteiger partial charge >= 0.3 is 6.18 Å². The summed E-state index contributed by atoms with van der Waals surface area (Å²) in [5.41, 5.74) is -0.693. The molecule has 3 amide bonds. The van der Waals surface area contributed by atoms with Gasteiger partial charge in [-0.25, -0.2) is 19.3 Å². The van der Waals surface area contributed by atoms with Gasteiger partial charge in [-0.2, -0.15) is 18.3 Å². The normalized spacial score (nSPS) is 20.8. The fraction of sp³-hybridized carbons (Fsp3) is 0.389.